The van der Waals surface area contributed by atoms with Crippen molar-refractivity contribution in [2.75, 3.05) is 12.4 Å². The molecule has 0 saturated heterocycles. The van der Waals surface area contributed by atoms with Crippen molar-refractivity contribution in [2.24, 2.45) is 0 Å². The van der Waals surface area contributed by atoms with Crippen molar-refractivity contribution in [1.82, 2.24) is 5.32 Å². The maximum atomic E-state index is 12.0. The van der Waals surface area contributed by atoms with Crippen LogP contribution >= 0.6 is 0 Å². The topological polar surface area (TPSA) is 122 Å². The molecule has 0 spiro atoms. The van der Waals surface area contributed by atoms with Gasteiger partial charge in [0, 0.05) is 24.6 Å². The maximum Gasteiger partial charge on any atom is 0.326 e. The van der Waals surface area contributed by atoms with Crippen molar-refractivity contribution >= 4 is 29.4 Å². The van der Waals surface area contributed by atoms with Crippen molar-refractivity contribution in [1.29, 1.82) is 0 Å². The quantitative estimate of drug-likeness (QED) is 0.638. The van der Waals surface area contributed by atoms with E-state index in [-0.39, 0.29) is 24.3 Å². The molecule has 1 atom stereocenters. The summed E-state index contributed by atoms with van der Waals surface area (Å²) < 4.78 is 4.44. The molecule has 1 aromatic carbocycles. The third kappa shape index (κ3) is 6.16. The molecule has 0 fully saturated rings. The Hall–Kier alpha value is -2.90. The highest BCUT2D eigenvalue weighted by Gasteiger charge is 2.21. The van der Waals surface area contributed by atoms with Gasteiger partial charge in [0.05, 0.1) is 7.11 Å². The van der Waals surface area contributed by atoms with Gasteiger partial charge in [0.15, 0.2) is 0 Å². The molecule has 0 saturated carbocycles. The van der Waals surface area contributed by atoms with E-state index in [2.05, 4.69) is 15.4 Å². The number of nitrogens with one attached hydrogen (secondary N) is 2. The van der Waals surface area contributed by atoms with Crippen LogP contribution in [0.2, 0.25) is 0 Å². The van der Waals surface area contributed by atoms with Crippen LogP contribution in [0.3, 0.4) is 0 Å². The van der Waals surface area contributed by atoms with Gasteiger partial charge >= 0.3 is 11.9 Å². The lowest BCUT2D eigenvalue weighted by atomic mass is 10.1. The lowest BCUT2D eigenvalue weighted by Gasteiger charge is -2.14. The monoisotopic (exact) mass is 322 g/mol. The van der Waals surface area contributed by atoms with Crippen LogP contribution in [0, 0.1) is 0 Å². The number of methoxy groups -OCH3 is 1. The van der Waals surface area contributed by atoms with E-state index in [9.17, 15) is 19.2 Å². The summed E-state index contributed by atoms with van der Waals surface area (Å²) in [6.07, 6.45) is -0.188. The van der Waals surface area contributed by atoms with Crippen LogP contribution in [-0.2, 0) is 19.1 Å². The second kappa shape index (κ2) is 8.52. The molecule has 1 rings (SSSR count). The molecular weight excluding hydrogens is 304 g/mol. The van der Waals surface area contributed by atoms with Gasteiger partial charge in [-0.1, -0.05) is 0 Å². The van der Waals surface area contributed by atoms with Crippen molar-refractivity contribution in [3.05, 3.63) is 29.8 Å². The Balaban J connectivity index is 2.69. The first-order valence-electron chi connectivity index (χ1n) is 6.81. The van der Waals surface area contributed by atoms with Crippen LogP contribution in [0.25, 0.3) is 0 Å². The molecule has 23 heavy (non-hydrogen) atoms. The summed E-state index contributed by atoms with van der Waals surface area (Å²) in [5.41, 5.74) is 0.762. The second-order valence-electron chi connectivity index (χ2n) is 4.74. The molecule has 0 heterocycles. The number of hydrogen-bond donors (Lipinski definition) is 3. The average Bonchev–Trinajstić information content (AvgIpc) is 2.50. The van der Waals surface area contributed by atoms with Crippen LogP contribution in [0.15, 0.2) is 24.3 Å². The number of ether oxygens (including phenoxy) is 1. The largest absolute Gasteiger partial charge is 0.480 e. The van der Waals surface area contributed by atoms with E-state index >= 15 is 0 Å². The number of hydrogen-bond acceptors (Lipinski definition) is 5. The zero-order chi connectivity index (χ0) is 17.4. The summed E-state index contributed by atoms with van der Waals surface area (Å²) in [5.74, 6) is -2.62. The minimum Gasteiger partial charge on any atom is -0.480 e. The zero-order valence-corrected chi connectivity index (χ0v) is 12.8. The van der Waals surface area contributed by atoms with Gasteiger partial charge < -0.3 is 20.5 Å². The predicted molar refractivity (Wildman–Crippen MR) is 80.9 cm³/mol. The highest BCUT2D eigenvalue weighted by molar-refractivity contribution is 5.97. The molecule has 8 heteroatoms. The number of carboxylic acid groups (broad SMARTS) is 1. The molecule has 0 bridgehead atoms. The normalized spacial score (nSPS) is 11.2. The van der Waals surface area contributed by atoms with Crippen LogP contribution in [-0.4, -0.2) is 42.0 Å². The van der Waals surface area contributed by atoms with Crippen molar-refractivity contribution in [3.63, 3.8) is 0 Å². The van der Waals surface area contributed by atoms with Crippen molar-refractivity contribution in [3.8, 4) is 0 Å². The number of aliphatic carboxylic acids is 1. The van der Waals surface area contributed by atoms with Crippen LogP contribution in [0.4, 0.5) is 5.69 Å². The fraction of sp³-hybridized carbons (Fsp3) is 0.333. The number of anilines is 1. The number of carbonyl (C=O) groups is 4. The molecule has 8 nitrogen and oxygen atoms in total. The Morgan fingerprint density at radius 2 is 1.78 bits per heavy atom. The molecule has 0 aromatic heterocycles. The zero-order valence-electron chi connectivity index (χ0n) is 12.8. The Kier molecular flexibility index (Phi) is 6.72. The first-order valence-corrected chi connectivity index (χ1v) is 6.81. The minimum atomic E-state index is -1.24. The lowest BCUT2D eigenvalue weighted by Crippen LogP contribution is -2.41. The summed E-state index contributed by atoms with van der Waals surface area (Å²) in [4.78, 5) is 45.1. The van der Waals surface area contributed by atoms with Gasteiger partial charge in [-0.05, 0) is 30.7 Å². The summed E-state index contributed by atoms with van der Waals surface area (Å²) in [7, 11) is 1.20. The molecule has 0 unspecified atom stereocenters. The first kappa shape index (κ1) is 18.1. The van der Waals surface area contributed by atoms with Gasteiger partial charge in [0.25, 0.3) is 5.91 Å². The van der Waals surface area contributed by atoms with E-state index in [4.69, 9.17) is 5.11 Å². The molecule has 0 radical (unpaired) electrons. The van der Waals surface area contributed by atoms with Crippen LogP contribution in [0.1, 0.15) is 30.1 Å². The van der Waals surface area contributed by atoms with E-state index in [1.165, 1.54) is 38.3 Å². The van der Waals surface area contributed by atoms with Gasteiger partial charge in [-0.3, -0.25) is 14.4 Å². The molecule has 2 amide bonds. The Morgan fingerprint density at radius 1 is 1.17 bits per heavy atom. The molecule has 124 valence electrons. The van der Waals surface area contributed by atoms with Gasteiger partial charge in [-0.2, -0.15) is 0 Å². The smallest absolute Gasteiger partial charge is 0.326 e. The number of carbonyl (C=O) groups excluding carboxylic acids is 3. The van der Waals surface area contributed by atoms with Gasteiger partial charge in [0.1, 0.15) is 6.04 Å². The number of carboxylic acids is 1. The molecule has 0 aliphatic carbocycles. The highest BCUT2D eigenvalue weighted by atomic mass is 16.5. The third-order valence-corrected chi connectivity index (χ3v) is 2.94. The number of rotatable bonds is 7. The van der Waals surface area contributed by atoms with Crippen LogP contribution < -0.4 is 10.6 Å². The molecule has 0 aliphatic heterocycles. The summed E-state index contributed by atoms with van der Waals surface area (Å²) in [6.45, 7) is 1.36. The Labute approximate surface area is 132 Å². The maximum absolute atomic E-state index is 12.0. The van der Waals surface area contributed by atoms with Crippen molar-refractivity contribution < 1.29 is 29.0 Å². The third-order valence-electron chi connectivity index (χ3n) is 2.94. The van der Waals surface area contributed by atoms with E-state index in [0.29, 0.717) is 5.69 Å². The Morgan fingerprint density at radius 3 is 2.26 bits per heavy atom. The van der Waals surface area contributed by atoms with Gasteiger partial charge in [0.2, 0.25) is 5.91 Å². The molecule has 0 aliphatic rings. The lowest BCUT2D eigenvalue weighted by molar-refractivity contribution is -0.142. The van der Waals surface area contributed by atoms with Gasteiger partial charge in [-0.15, -0.1) is 0 Å². The van der Waals surface area contributed by atoms with E-state index in [0.717, 1.165) is 0 Å². The molecule has 3 N–H and O–H groups in total. The number of benzene rings is 1. The fourth-order valence-corrected chi connectivity index (χ4v) is 1.77. The van der Waals surface area contributed by atoms with Crippen molar-refractivity contribution in [2.45, 2.75) is 25.8 Å². The van der Waals surface area contributed by atoms with Crippen LogP contribution in [0.5, 0.6) is 0 Å². The summed E-state index contributed by atoms with van der Waals surface area (Å²) in [6, 6.07) is 4.78. The fourth-order valence-electron chi connectivity index (χ4n) is 1.77. The molecular formula is C15H18N2O6. The number of esters is 1. The van der Waals surface area contributed by atoms with E-state index in [1.807, 2.05) is 0 Å². The summed E-state index contributed by atoms with van der Waals surface area (Å²) in [5, 5.41) is 14.0. The average molecular weight is 322 g/mol. The van der Waals surface area contributed by atoms with Gasteiger partial charge in [-0.25, -0.2) is 4.79 Å². The first-order chi connectivity index (χ1) is 10.8. The highest BCUT2D eigenvalue weighted by Crippen LogP contribution is 2.10. The minimum absolute atomic E-state index is 0.0717. The number of amides is 2. The van der Waals surface area contributed by atoms with E-state index < -0.39 is 23.9 Å². The van der Waals surface area contributed by atoms with E-state index in [1.54, 1.807) is 0 Å². The summed E-state index contributed by atoms with van der Waals surface area (Å²) >= 11 is 0. The standard InChI is InChI=1S/C15H18N2O6/c1-9(18)16-11-5-3-10(4-6-11)14(20)17-12(15(21)22)7-8-13(19)23-2/h3-6,12H,7-8H2,1-2H3,(H,16,18)(H,17,20)(H,21,22)/t12-/m1/s1. The predicted octanol–water partition coefficient (Wildman–Crippen LogP) is 0.781. The SMILES string of the molecule is COC(=O)CC[C@@H](NC(=O)c1ccc(NC(C)=O)cc1)C(=O)O. The molecule has 1 aromatic rings. The second-order valence-corrected chi connectivity index (χ2v) is 4.74. The Bertz CT molecular complexity index is 596.